The maximum absolute atomic E-state index is 9.00. The van der Waals surface area contributed by atoms with E-state index in [2.05, 4.69) is 413 Å². The lowest BCUT2D eigenvalue weighted by Crippen LogP contribution is -2.14. The number of benzene rings is 22. The zero-order valence-corrected chi connectivity index (χ0v) is 76.6. The van der Waals surface area contributed by atoms with Gasteiger partial charge in [0.1, 0.15) is 0 Å². The smallest absolute Gasteiger partial charge is 0.0645 e. The van der Waals surface area contributed by atoms with Crippen molar-refractivity contribution in [3.8, 4) is 11.1 Å². The van der Waals surface area contributed by atoms with Gasteiger partial charge in [-0.15, -0.1) is 11.3 Å². The minimum absolute atomic E-state index is 0. The van der Waals surface area contributed by atoms with Crippen molar-refractivity contribution in [2.45, 2.75) is 14.9 Å². The lowest BCUT2D eigenvalue weighted by Gasteiger charge is -2.31. The molecule has 0 aliphatic heterocycles. The van der Waals surface area contributed by atoms with E-state index < -0.39 is 60.4 Å². The highest BCUT2D eigenvalue weighted by atomic mass is 79.9. The number of anilines is 18. The van der Waals surface area contributed by atoms with Crippen LogP contribution in [-0.2, 0) is 0 Å². The molecule has 0 bridgehead atoms. The highest BCUT2D eigenvalue weighted by molar-refractivity contribution is 9.11. The molecule has 646 valence electrons. The molecule has 6 nitrogen and oxygen atoms in total. The molecule has 0 radical (unpaired) electrons. The summed E-state index contributed by atoms with van der Waals surface area (Å²) in [6.45, 7) is 0. The summed E-state index contributed by atoms with van der Waals surface area (Å²) in [5, 5.41) is 13.1. The van der Waals surface area contributed by atoms with Gasteiger partial charge in [0, 0.05) is 135 Å². The highest BCUT2D eigenvalue weighted by Crippen LogP contribution is 2.50. The third-order valence-electron chi connectivity index (χ3n) is 23.5. The number of para-hydroxylation sites is 5. The molecule has 0 unspecified atom stereocenters. The van der Waals surface area contributed by atoms with Gasteiger partial charge in [0.15, 0.2) is 0 Å². The van der Waals surface area contributed by atoms with Gasteiger partial charge in [0.25, 0.3) is 0 Å². The number of fused-ring (bicyclic) bond motifs is 8. The molecule has 0 aliphatic carbocycles. The van der Waals surface area contributed by atoms with Crippen LogP contribution in [0.15, 0.2) is 529 Å². The van der Waals surface area contributed by atoms with Crippen molar-refractivity contribution in [1.29, 1.82) is 0 Å². The van der Waals surface area contributed by atoms with E-state index in [0.29, 0.717) is 27.2 Å². The van der Waals surface area contributed by atoms with Crippen molar-refractivity contribution in [3.05, 3.63) is 529 Å². The van der Waals surface area contributed by atoms with Crippen molar-refractivity contribution >= 4 is 236 Å². The number of hydrogen-bond donors (Lipinski definition) is 0. The quantitative estimate of drug-likeness (QED) is 0.0798. The van der Waals surface area contributed by atoms with Gasteiger partial charge < -0.3 is 29.4 Å². The topological polar surface area (TPSA) is 19.4 Å². The molecule has 0 amide bonds. The maximum Gasteiger partial charge on any atom is 0.0645 e. The van der Waals surface area contributed by atoms with Crippen LogP contribution >= 0.6 is 59.1 Å². The molecule has 22 aromatic carbocycles. The number of halogens is 3. The van der Waals surface area contributed by atoms with Gasteiger partial charge in [-0.1, -0.05) is 384 Å². The molecule has 134 heavy (non-hydrogen) atoms. The Bertz CT molecular complexity index is 8380. The van der Waals surface area contributed by atoms with Crippen LogP contribution in [0, 0.1) is 0 Å². The van der Waals surface area contributed by atoms with E-state index in [-0.39, 0.29) is 26.2 Å². The normalized spacial score (nSPS) is 12.0. The molecule has 23 rings (SSSR count). The zero-order chi connectivity index (χ0) is 97.3. The fourth-order valence-corrected chi connectivity index (χ4v) is 20.0. The van der Waals surface area contributed by atoms with E-state index in [1.807, 2.05) is 102 Å². The minimum atomic E-state index is -0.523. The number of rotatable bonds is 19. The van der Waals surface area contributed by atoms with Crippen molar-refractivity contribution < 1.29 is 13.7 Å². The average Bonchev–Trinajstić information content (AvgIpc) is 0.921. The third kappa shape index (κ3) is 18.7. The standard InChI is InChI=1S/C48H31BrN2S.C38H27BrN2.C36H27BrN2.2CH4/c49-38-28-43(50(39-20-17-32-9-1-4-12-35(32)25-39)40-21-18-33-10-2-5-13-36(33)26-40)30-44(29-38)51(41-22-19-34-11-3-6-14-37(34)27-41)42-23-24-46-45-15-7-8-16-47(45)52-48(46)31-42;39-30-25-33(40(31-17-3-1-4-18-31)37-23-11-15-28-13-7-9-21-35(28)37)27-34(26-30)41(32-19-5-2-6-20-32)38-24-12-16-29-14-8-10-22-36(29)38;37-30-25-35(38(31-15-7-2-8-16-31)32-17-9-3-10-18-32)27-36(26-30)39(33-19-11-4-12-20-33)34-23-21-29(22-24-34)28-13-5-1-6-14-28;;/h1-31H;1-27H;1-27H;2*1H4/i;1D,2D,3D,4D,5D,6D,17D,18D,19D,20D;;;. The van der Waals surface area contributed by atoms with Crippen LogP contribution in [0.5, 0.6) is 0 Å². The second-order valence-electron chi connectivity index (χ2n) is 31.8. The Hall–Kier alpha value is -15.4. The summed E-state index contributed by atoms with van der Waals surface area (Å²) >= 11 is 13.3. The van der Waals surface area contributed by atoms with Crippen molar-refractivity contribution in [2.24, 2.45) is 0 Å². The predicted molar refractivity (Wildman–Crippen MR) is 590 cm³/mol. The summed E-state index contributed by atoms with van der Waals surface area (Å²) in [7, 11) is 0. The van der Waals surface area contributed by atoms with Crippen molar-refractivity contribution in [1.82, 2.24) is 0 Å². The summed E-state index contributed by atoms with van der Waals surface area (Å²) in [6.07, 6.45) is 0. The molecular weight excluding hydrogens is 1850 g/mol. The van der Waals surface area contributed by atoms with Gasteiger partial charge in [-0.2, -0.15) is 0 Å². The Kier molecular flexibility index (Phi) is 22.9. The summed E-state index contributed by atoms with van der Waals surface area (Å²) in [4.78, 5) is 12.6. The Morgan fingerprint density at radius 3 is 0.843 bits per heavy atom. The second kappa shape index (κ2) is 40.1. The Morgan fingerprint density at radius 2 is 0.448 bits per heavy atom. The number of hydrogen-bond acceptors (Lipinski definition) is 7. The van der Waals surface area contributed by atoms with Gasteiger partial charge in [-0.05, 0) is 248 Å². The molecule has 0 atom stereocenters. The third-order valence-corrected chi connectivity index (χ3v) is 26.0. The maximum atomic E-state index is 9.00. The summed E-state index contributed by atoms with van der Waals surface area (Å²) < 4.78 is 91.8. The second-order valence-corrected chi connectivity index (χ2v) is 35.6. The van der Waals surface area contributed by atoms with E-state index in [1.54, 1.807) is 28.0 Å². The largest absolute Gasteiger partial charge is 0.310 e. The predicted octanol–water partition coefficient (Wildman–Crippen LogP) is 39.2. The molecule has 0 saturated carbocycles. The molecular formula is C124H93Br3N6S. The van der Waals surface area contributed by atoms with Gasteiger partial charge >= 0.3 is 0 Å². The van der Waals surface area contributed by atoms with Crippen molar-refractivity contribution in [2.75, 3.05) is 29.4 Å². The molecule has 0 fully saturated rings. The molecule has 0 spiro atoms. The monoisotopic (exact) mass is 1940 g/mol. The average molecular weight is 1950 g/mol. The van der Waals surface area contributed by atoms with Gasteiger partial charge in [0.05, 0.1) is 25.1 Å². The van der Waals surface area contributed by atoms with Crippen LogP contribution in [0.2, 0.25) is 0 Å². The van der Waals surface area contributed by atoms with E-state index in [0.717, 1.165) is 98.7 Å². The highest BCUT2D eigenvalue weighted by Gasteiger charge is 2.26. The Labute approximate surface area is 827 Å². The first-order valence-corrected chi connectivity index (χ1v) is 46.5. The van der Waals surface area contributed by atoms with Gasteiger partial charge in [-0.25, -0.2) is 0 Å². The van der Waals surface area contributed by atoms with Crippen LogP contribution in [0.3, 0.4) is 0 Å². The van der Waals surface area contributed by atoms with Crippen LogP contribution in [0.25, 0.3) is 85.2 Å². The van der Waals surface area contributed by atoms with Crippen LogP contribution < -0.4 is 29.4 Å². The number of nitrogens with zero attached hydrogens (tertiary/aromatic N) is 6. The molecule has 1 aromatic heterocycles. The molecule has 0 saturated heterocycles. The molecule has 1 heterocycles. The lowest BCUT2D eigenvalue weighted by molar-refractivity contribution is 1.24. The summed E-state index contributed by atoms with van der Waals surface area (Å²) in [5.41, 5.74) is 17.1. The fourth-order valence-electron chi connectivity index (χ4n) is 17.5. The lowest BCUT2D eigenvalue weighted by atomic mass is 10.0. The van der Waals surface area contributed by atoms with Gasteiger partial charge in [0.2, 0.25) is 0 Å². The molecule has 10 heteroatoms. The summed E-state index contributed by atoms with van der Waals surface area (Å²) in [6, 6.07) is 153. The first-order valence-electron chi connectivity index (χ1n) is 48.3. The molecule has 23 aromatic rings. The van der Waals surface area contributed by atoms with E-state index in [1.165, 1.54) is 63.6 Å². The first kappa shape index (κ1) is 76.3. The first-order chi connectivity index (χ1) is 69.3. The van der Waals surface area contributed by atoms with E-state index in [4.69, 9.17) is 13.7 Å². The van der Waals surface area contributed by atoms with Crippen molar-refractivity contribution in [3.63, 3.8) is 0 Å². The zero-order valence-electron chi connectivity index (χ0n) is 81.0. The fraction of sp³-hybridized carbons (Fsp3) is 0.0161. The molecule has 0 N–H and O–H groups in total. The van der Waals surface area contributed by atoms with Gasteiger partial charge in [-0.3, -0.25) is 0 Å². The van der Waals surface area contributed by atoms with Crippen LogP contribution in [0.1, 0.15) is 28.6 Å². The SMILES string of the molecule is Brc1cc(N(c2ccc3ccccc3c2)c2ccc3ccccc3c2)cc(N(c2ccc3ccccc3c2)c2ccc3c(c2)sc2ccccc23)c1.Brc1cc(N(c2ccccc2)c2ccccc2)cc(N(c2ccccc2)c2ccc(-c3ccccc3)cc2)c1.C.C.[2H]c1c([2H])c([2H])c(N(c2cc(Br)cc(N(c3c([2H])c([2H])c([2H])c([2H])c3[2H])c3cccc4ccccc34)c2)c2cccc3ccccc23)c([2H])c1[2H]. The molecule has 0 aliphatic rings. The van der Waals surface area contributed by atoms with E-state index >= 15 is 0 Å². The Balaban J connectivity index is 0.000000137. The summed E-state index contributed by atoms with van der Waals surface area (Å²) in [5.74, 6) is 0. The van der Waals surface area contributed by atoms with Crippen LogP contribution in [-0.4, -0.2) is 0 Å². The Morgan fingerprint density at radius 1 is 0.172 bits per heavy atom. The minimum Gasteiger partial charge on any atom is -0.310 e. The van der Waals surface area contributed by atoms with Crippen LogP contribution in [0.4, 0.5) is 102 Å². The van der Waals surface area contributed by atoms with E-state index in [9.17, 15) is 0 Å². The number of thiophene rings is 1.